The van der Waals surface area contributed by atoms with Gasteiger partial charge in [0.25, 0.3) is 0 Å². The van der Waals surface area contributed by atoms with E-state index in [0.717, 1.165) is 12.8 Å². The molecule has 4 rings (SSSR count). The summed E-state index contributed by atoms with van der Waals surface area (Å²) in [4.78, 5) is 18.7. The fraction of sp³-hybridized carbons (Fsp3) is 0.286. The molecule has 156 valence electrons. The number of rotatable bonds is 5. The number of carbonyl (C=O) groups is 1. The number of hydrogen-bond donors (Lipinski definition) is 1. The molecule has 0 saturated carbocycles. The number of nitrogens with zero attached hydrogens (tertiary/aromatic N) is 3. The van der Waals surface area contributed by atoms with E-state index in [1.54, 1.807) is 12.1 Å². The Morgan fingerprint density at radius 1 is 1.20 bits per heavy atom. The summed E-state index contributed by atoms with van der Waals surface area (Å²) in [5.74, 6) is -0.0902. The molecule has 1 aliphatic rings. The first-order valence-electron chi connectivity index (χ1n) is 9.55. The van der Waals surface area contributed by atoms with E-state index in [2.05, 4.69) is 15.5 Å². The van der Waals surface area contributed by atoms with Crippen molar-refractivity contribution in [3.63, 3.8) is 0 Å². The Labute approximate surface area is 176 Å². The zero-order valence-electron chi connectivity index (χ0n) is 15.9. The van der Waals surface area contributed by atoms with E-state index < -0.39 is 5.82 Å². The lowest BCUT2D eigenvalue weighted by molar-refractivity contribution is -0.117. The van der Waals surface area contributed by atoms with Gasteiger partial charge in [0.05, 0.1) is 11.6 Å². The van der Waals surface area contributed by atoms with Gasteiger partial charge in [-0.1, -0.05) is 28.9 Å². The Hall–Kier alpha value is -2.84. The summed E-state index contributed by atoms with van der Waals surface area (Å²) in [6, 6.07) is 10.1. The van der Waals surface area contributed by atoms with Crippen LogP contribution < -0.4 is 5.32 Å². The molecular formula is C21H19ClF2N4O2. The fourth-order valence-electron chi connectivity index (χ4n) is 3.46. The van der Waals surface area contributed by atoms with Crippen molar-refractivity contribution in [2.24, 2.45) is 0 Å². The Balaban J connectivity index is 1.30. The molecule has 0 spiro atoms. The highest BCUT2D eigenvalue weighted by atomic mass is 35.5. The second-order valence-electron chi connectivity index (χ2n) is 7.19. The second-order valence-corrected chi connectivity index (χ2v) is 7.60. The van der Waals surface area contributed by atoms with E-state index in [1.807, 2.05) is 4.90 Å². The molecule has 1 aliphatic heterocycles. The molecule has 0 unspecified atom stereocenters. The van der Waals surface area contributed by atoms with E-state index in [1.165, 1.54) is 30.3 Å². The number of nitrogens with one attached hydrogen (secondary N) is 1. The minimum atomic E-state index is -0.529. The summed E-state index contributed by atoms with van der Waals surface area (Å²) in [5, 5.41) is 6.65. The van der Waals surface area contributed by atoms with Crippen molar-refractivity contribution in [3.05, 3.63) is 65.0 Å². The van der Waals surface area contributed by atoms with Crippen LogP contribution in [0.5, 0.6) is 0 Å². The minimum absolute atomic E-state index is 0.0363. The van der Waals surface area contributed by atoms with Gasteiger partial charge in [0.1, 0.15) is 11.6 Å². The maximum atomic E-state index is 13.4. The third-order valence-corrected chi connectivity index (χ3v) is 5.32. The lowest BCUT2D eigenvalue weighted by Gasteiger charge is -2.29. The van der Waals surface area contributed by atoms with Crippen LogP contribution in [0.2, 0.25) is 5.02 Å². The molecule has 0 aliphatic carbocycles. The van der Waals surface area contributed by atoms with Gasteiger partial charge in [-0.05, 0) is 56.3 Å². The van der Waals surface area contributed by atoms with Crippen molar-refractivity contribution in [1.29, 1.82) is 0 Å². The molecule has 1 N–H and O–H groups in total. The molecule has 0 radical (unpaired) electrons. The summed E-state index contributed by atoms with van der Waals surface area (Å²) in [5.41, 5.74) is 1.03. The van der Waals surface area contributed by atoms with Crippen LogP contribution in [0.15, 0.2) is 47.0 Å². The highest BCUT2D eigenvalue weighted by Crippen LogP contribution is 2.28. The second kappa shape index (κ2) is 8.89. The van der Waals surface area contributed by atoms with Crippen LogP contribution >= 0.6 is 11.6 Å². The first-order valence-corrected chi connectivity index (χ1v) is 9.92. The topological polar surface area (TPSA) is 71.3 Å². The van der Waals surface area contributed by atoms with E-state index in [0.29, 0.717) is 36.1 Å². The van der Waals surface area contributed by atoms with Crippen molar-refractivity contribution in [3.8, 4) is 11.4 Å². The van der Waals surface area contributed by atoms with Crippen LogP contribution in [0.3, 0.4) is 0 Å². The molecule has 1 aromatic heterocycles. The van der Waals surface area contributed by atoms with Crippen LogP contribution in [0, 0.1) is 11.6 Å². The van der Waals surface area contributed by atoms with Crippen molar-refractivity contribution < 1.29 is 18.1 Å². The van der Waals surface area contributed by atoms with Crippen LogP contribution in [0.1, 0.15) is 24.7 Å². The quantitative estimate of drug-likeness (QED) is 0.643. The average Bonchev–Trinajstić information content (AvgIpc) is 3.22. The molecule has 1 fully saturated rings. The molecule has 0 atom stereocenters. The fourth-order valence-corrected chi connectivity index (χ4v) is 3.64. The molecule has 6 nitrogen and oxygen atoms in total. The van der Waals surface area contributed by atoms with Crippen LogP contribution in [0.25, 0.3) is 11.4 Å². The molecule has 1 amide bonds. The van der Waals surface area contributed by atoms with Crippen molar-refractivity contribution in [2.45, 2.75) is 18.8 Å². The van der Waals surface area contributed by atoms with E-state index >= 15 is 0 Å². The SMILES string of the molecule is O=C(CN1CCC(c2nc(-c3cccc(F)c3)no2)CC1)Nc1ccc(F)c(Cl)c1. The van der Waals surface area contributed by atoms with Gasteiger partial charge in [-0.15, -0.1) is 0 Å². The number of anilines is 1. The maximum absolute atomic E-state index is 13.4. The Bertz CT molecular complexity index is 1050. The highest BCUT2D eigenvalue weighted by Gasteiger charge is 2.26. The number of carbonyl (C=O) groups excluding carboxylic acids is 1. The van der Waals surface area contributed by atoms with Crippen molar-refractivity contribution >= 4 is 23.2 Å². The highest BCUT2D eigenvalue weighted by molar-refractivity contribution is 6.31. The lowest BCUT2D eigenvalue weighted by atomic mass is 9.97. The van der Waals surface area contributed by atoms with Crippen LogP contribution in [-0.2, 0) is 4.79 Å². The maximum Gasteiger partial charge on any atom is 0.238 e. The molecule has 1 saturated heterocycles. The Kier molecular flexibility index (Phi) is 6.06. The molecule has 30 heavy (non-hydrogen) atoms. The number of halogens is 3. The molecular weight excluding hydrogens is 414 g/mol. The van der Waals surface area contributed by atoms with E-state index in [-0.39, 0.29) is 29.2 Å². The average molecular weight is 433 g/mol. The molecule has 2 heterocycles. The molecule has 2 aromatic carbocycles. The number of piperidine rings is 1. The van der Waals surface area contributed by atoms with Gasteiger partial charge in [-0.2, -0.15) is 4.98 Å². The first-order chi connectivity index (χ1) is 14.5. The van der Waals surface area contributed by atoms with Crippen LogP contribution in [-0.4, -0.2) is 40.6 Å². The third-order valence-electron chi connectivity index (χ3n) is 5.03. The van der Waals surface area contributed by atoms with Gasteiger partial charge >= 0.3 is 0 Å². The van der Waals surface area contributed by atoms with E-state index in [9.17, 15) is 13.6 Å². The standard InChI is InChI=1S/C21H19ClF2N4O2/c22-17-11-16(4-5-18(17)24)25-19(29)12-28-8-6-13(7-9-28)21-26-20(27-30-21)14-2-1-3-15(23)10-14/h1-5,10-11,13H,6-9,12H2,(H,25,29). The summed E-state index contributed by atoms with van der Waals surface area (Å²) in [6.45, 7) is 1.61. The number of amides is 1. The third kappa shape index (κ3) is 4.83. The van der Waals surface area contributed by atoms with Gasteiger partial charge in [0.2, 0.25) is 17.6 Å². The summed E-state index contributed by atoms with van der Waals surface area (Å²) in [6.07, 6.45) is 1.53. The monoisotopic (exact) mass is 432 g/mol. The number of hydrogen-bond acceptors (Lipinski definition) is 5. The largest absolute Gasteiger partial charge is 0.339 e. The van der Waals surface area contributed by atoms with E-state index in [4.69, 9.17) is 16.1 Å². The Morgan fingerprint density at radius 2 is 2.00 bits per heavy atom. The Morgan fingerprint density at radius 3 is 2.73 bits per heavy atom. The minimum Gasteiger partial charge on any atom is -0.339 e. The summed E-state index contributed by atoms with van der Waals surface area (Å²) >= 11 is 5.74. The zero-order chi connectivity index (χ0) is 21.1. The number of likely N-dealkylation sites (tertiary alicyclic amines) is 1. The van der Waals surface area contributed by atoms with Gasteiger partial charge in [-0.25, -0.2) is 8.78 Å². The van der Waals surface area contributed by atoms with Gasteiger partial charge < -0.3 is 9.84 Å². The molecule has 9 heteroatoms. The lowest BCUT2D eigenvalue weighted by Crippen LogP contribution is -2.38. The summed E-state index contributed by atoms with van der Waals surface area (Å²) < 4.78 is 32.0. The van der Waals surface area contributed by atoms with Gasteiger partial charge in [-0.3, -0.25) is 9.69 Å². The zero-order valence-corrected chi connectivity index (χ0v) is 16.7. The van der Waals surface area contributed by atoms with Crippen LogP contribution in [0.4, 0.5) is 14.5 Å². The molecule has 0 bridgehead atoms. The summed E-state index contributed by atoms with van der Waals surface area (Å²) in [7, 11) is 0. The van der Waals surface area contributed by atoms with Crippen molar-refractivity contribution in [2.75, 3.05) is 25.0 Å². The number of aromatic nitrogens is 2. The predicted molar refractivity (Wildman–Crippen MR) is 108 cm³/mol. The van der Waals surface area contributed by atoms with Gasteiger partial charge in [0.15, 0.2) is 0 Å². The van der Waals surface area contributed by atoms with Gasteiger partial charge in [0, 0.05) is 17.2 Å². The smallest absolute Gasteiger partial charge is 0.238 e. The first kappa shape index (κ1) is 20.4. The predicted octanol–water partition coefficient (Wildman–Crippen LogP) is 4.49. The molecule has 3 aromatic rings. The number of benzene rings is 2. The van der Waals surface area contributed by atoms with Crippen molar-refractivity contribution in [1.82, 2.24) is 15.0 Å². The normalized spacial score (nSPS) is 15.3.